The Bertz CT molecular complexity index is 719. The first kappa shape index (κ1) is 17.1. The number of para-hydroxylation sites is 1. The molecule has 0 saturated carbocycles. The zero-order valence-corrected chi connectivity index (χ0v) is 12.3. The molecule has 0 atom stereocenters. The average molecular weight is 347 g/mol. The summed E-state index contributed by atoms with van der Waals surface area (Å²) < 4.78 is 51.5. The van der Waals surface area contributed by atoms with Gasteiger partial charge in [-0.3, -0.25) is 4.79 Å². The average Bonchev–Trinajstić information content (AvgIpc) is 2.47. The zero-order chi connectivity index (χ0) is 17.0. The highest BCUT2D eigenvalue weighted by Gasteiger charge is 2.33. The maximum atomic E-state index is 13.4. The van der Waals surface area contributed by atoms with Crippen molar-refractivity contribution in [3.8, 4) is 0 Å². The van der Waals surface area contributed by atoms with Crippen molar-refractivity contribution in [3.63, 3.8) is 0 Å². The quantitative estimate of drug-likeness (QED) is 0.797. The minimum absolute atomic E-state index is 0.0536. The van der Waals surface area contributed by atoms with Gasteiger partial charge in [-0.1, -0.05) is 23.7 Å². The number of benzene rings is 2. The fourth-order valence-corrected chi connectivity index (χ4v) is 2.03. The maximum absolute atomic E-state index is 13.4. The van der Waals surface area contributed by atoms with E-state index < -0.39 is 28.5 Å². The molecule has 0 aliphatic heterocycles. The Morgan fingerprint density at radius 1 is 1.13 bits per heavy atom. The van der Waals surface area contributed by atoms with Crippen LogP contribution in [0.25, 0.3) is 0 Å². The summed E-state index contributed by atoms with van der Waals surface area (Å²) in [5.74, 6) is -1.16. The van der Waals surface area contributed by atoms with Crippen LogP contribution in [0.3, 0.4) is 0 Å². The van der Waals surface area contributed by atoms with Crippen molar-refractivity contribution in [2.24, 2.45) is 0 Å². The number of amides is 1. The van der Waals surface area contributed by atoms with Crippen LogP contribution in [0.15, 0.2) is 42.5 Å². The van der Waals surface area contributed by atoms with Crippen molar-refractivity contribution in [1.82, 2.24) is 0 Å². The number of hydrogen-bond acceptors (Lipinski definition) is 2. The molecule has 0 unspecified atom stereocenters. The summed E-state index contributed by atoms with van der Waals surface area (Å²) in [5.41, 5.74) is -0.976. The second kappa shape index (κ2) is 6.87. The van der Waals surface area contributed by atoms with E-state index >= 15 is 0 Å². The van der Waals surface area contributed by atoms with Gasteiger partial charge in [-0.15, -0.1) is 0 Å². The third kappa shape index (κ3) is 4.59. The Kier molecular flexibility index (Phi) is 5.10. The second-order valence-corrected chi connectivity index (χ2v) is 4.98. The molecule has 8 heteroatoms. The smallest absolute Gasteiger partial charge is 0.374 e. The van der Waals surface area contributed by atoms with E-state index in [-0.39, 0.29) is 17.9 Å². The molecular formula is C15H11ClF4N2O. The molecule has 0 aliphatic carbocycles. The lowest BCUT2D eigenvalue weighted by Gasteiger charge is -2.12. The molecule has 0 bridgehead atoms. The number of rotatable bonds is 4. The van der Waals surface area contributed by atoms with E-state index in [4.69, 9.17) is 11.6 Å². The fraction of sp³-hybridized carbons (Fsp3) is 0.133. The molecule has 2 rings (SSSR count). The third-order valence-corrected chi connectivity index (χ3v) is 3.20. The van der Waals surface area contributed by atoms with Crippen molar-refractivity contribution in [3.05, 3.63) is 58.9 Å². The van der Waals surface area contributed by atoms with Crippen molar-refractivity contribution in [1.29, 1.82) is 0 Å². The minimum atomic E-state index is -4.62. The largest absolute Gasteiger partial charge is 0.417 e. The normalized spacial score (nSPS) is 11.2. The molecule has 0 spiro atoms. The van der Waals surface area contributed by atoms with E-state index in [2.05, 4.69) is 10.6 Å². The molecule has 122 valence electrons. The highest BCUT2D eigenvalue weighted by Crippen LogP contribution is 2.36. The van der Waals surface area contributed by atoms with E-state index in [0.29, 0.717) is 0 Å². The van der Waals surface area contributed by atoms with Crippen molar-refractivity contribution >= 4 is 28.9 Å². The molecule has 3 nitrogen and oxygen atoms in total. The maximum Gasteiger partial charge on any atom is 0.417 e. The highest BCUT2D eigenvalue weighted by atomic mass is 35.5. The molecular weight excluding hydrogens is 336 g/mol. The Morgan fingerprint density at radius 2 is 1.83 bits per heavy atom. The number of anilines is 2. The molecule has 2 N–H and O–H groups in total. The van der Waals surface area contributed by atoms with E-state index in [0.717, 1.165) is 12.1 Å². The van der Waals surface area contributed by atoms with Gasteiger partial charge in [-0.2, -0.15) is 13.2 Å². The van der Waals surface area contributed by atoms with Crippen LogP contribution < -0.4 is 10.6 Å². The van der Waals surface area contributed by atoms with Crippen LogP contribution >= 0.6 is 11.6 Å². The number of carbonyl (C=O) groups is 1. The number of nitrogens with one attached hydrogen (secondary N) is 2. The first-order valence-electron chi connectivity index (χ1n) is 6.42. The van der Waals surface area contributed by atoms with Crippen LogP contribution in [0, 0.1) is 5.82 Å². The molecule has 1 amide bonds. The summed E-state index contributed by atoms with van der Waals surface area (Å²) >= 11 is 5.49. The summed E-state index contributed by atoms with van der Waals surface area (Å²) in [6.07, 6.45) is -4.62. The number of alkyl halides is 3. The summed E-state index contributed by atoms with van der Waals surface area (Å²) in [6.45, 7) is -0.301. The van der Waals surface area contributed by atoms with Crippen molar-refractivity contribution in [2.45, 2.75) is 6.18 Å². The molecule has 0 aromatic heterocycles. The first-order chi connectivity index (χ1) is 10.8. The molecule has 0 aliphatic rings. The second-order valence-electron chi connectivity index (χ2n) is 4.57. The van der Waals surface area contributed by atoms with Crippen LogP contribution in [0.5, 0.6) is 0 Å². The van der Waals surface area contributed by atoms with Gasteiger partial charge in [0.15, 0.2) is 0 Å². The predicted octanol–water partition coefficient (Wildman–Crippen LogP) is 4.55. The van der Waals surface area contributed by atoms with E-state index in [9.17, 15) is 22.4 Å². The summed E-state index contributed by atoms with van der Waals surface area (Å²) in [6, 6.07) is 8.76. The summed E-state index contributed by atoms with van der Waals surface area (Å²) in [5, 5.41) is 4.38. The van der Waals surface area contributed by atoms with Gasteiger partial charge < -0.3 is 10.6 Å². The number of carbonyl (C=O) groups excluding carboxylic acids is 1. The molecule has 23 heavy (non-hydrogen) atoms. The van der Waals surface area contributed by atoms with E-state index in [1.807, 2.05) is 0 Å². The van der Waals surface area contributed by atoms with Crippen LogP contribution in [0.4, 0.5) is 28.9 Å². The Labute approximate surface area is 134 Å². The van der Waals surface area contributed by atoms with Crippen LogP contribution in [0.2, 0.25) is 5.02 Å². The monoisotopic (exact) mass is 346 g/mol. The lowest BCUT2D eigenvalue weighted by Crippen LogP contribution is -2.22. The van der Waals surface area contributed by atoms with Gasteiger partial charge in [0, 0.05) is 5.69 Å². The zero-order valence-electron chi connectivity index (χ0n) is 11.5. The summed E-state index contributed by atoms with van der Waals surface area (Å²) in [4.78, 5) is 11.7. The van der Waals surface area contributed by atoms with E-state index in [1.165, 1.54) is 24.3 Å². The van der Waals surface area contributed by atoms with Gasteiger partial charge in [0.05, 0.1) is 22.8 Å². The van der Waals surface area contributed by atoms with Gasteiger partial charge >= 0.3 is 6.18 Å². The number of hydrogen-bond donors (Lipinski definition) is 2. The Hall–Kier alpha value is -2.28. The van der Waals surface area contributed by atoms with Crippen molar-refractivity contribution < 1.29 is 22.4 Å². The van der Waals surface area contributed by atoms with Gasteiger partial charge in [-0.25, -0.2) is 4.39 Å². The van der Waals surface area contributed by atoms with Crippen LogP contribution in [-0.4, -0.2) is 12.5 Å². The van der Waals surface area contributed by atoms with Gasteiger partial charge in [-0.05, 0) is 30.3 Å². The van der Waals surface area contributed by atoms with Gasteiger partial charge in [0.1, 0.15) is 5.82 Å². The summed E-state index contributed by atoms with van der Waals surface area (Å²) in [7, 11) is 0. The number of halogens is 5. The standard InChI is InChI=1S/C15H11ClF4N2O/c16-11-6-5-9(7-10(11)15(18,19)20)22-14(23)8-21-13-4-2-1-3-12(13)17/h1-7,21H,8H2,(H,22,23). The predicted molar refractivity (Wildman–Crippen MR) is 80.0 cm³/mol. The first-order valence-corrected chi connectivity index (χ1v) is 6.80. The molecule has 2 aromatic carbocycles. The minimum Gasteiger partial charge on any atom is -0.374 e. The molecule has 0 heterocycles. The fourth-order valence-electron chi connectivity index (χ4n) is 1.81. The SMILES string of the molecule is O=C(CNc1ccccc1F)Nc1ccc(Cl)c(C(F)(F)F)c1. The molecule has 0 radical (unpaired) electrons. The molecule has 2 aromatic rings. The van der Waals surface area contributed by atoms with Crippen LogP contribution in [0.1, 0.15) is 5.56 Å². The topological polar surface area (TPSA) is 41.1 Å². The lowest BCUT2D eigenvalue weighted by atomic mass is 10.2. The highest BCUT2D eigenvalue weighted by molar-refractivity contribution is 6.31. The third-order valence-electron chi connectivity index (χ3n) is 2.87. The molecule has 0 saturated heterocycles. The van der Waals surface area contributed by atoms with E-state index in [1.54, 1.807) is 6.07 Å². The van der Waals surface area contributed by atoms with Gasteiger partial charge in [0.2, 0.25) is 5.91 Å². The van der Waals surface area contributed by atoms with Crippen molar-refractivity contribution in [2.75, 3.05) is 17.2 Å². The lowest BCUT2D eigenvalue weighted by molar-refractivity contribution is -0.137. The molecule has 0 fully saturated rings. The Morgan fingerprint density at radius 3 is 2.48 bits per heavy atom. The van der Waals surface area contributed by atoms with Gasteiger partial charge in [0.25, 0.3) is 0 Å². The Balaban J connectivity index is 2.02. The van der Waals surface area contributed by atoms with Crippen LogP contribution in [-0.2, 0) is 11.0 Å².